The molecule has 2 heteroatoms. The summed E-state index contributed by atoms with van der Waals surface area (Å²) in [5.74, 6) is 0. The van der Waals surface area contributed by atoms with Crippen LogP contribution in [0.2, 0.25) is 0 Å². The standard InChI is InChI=1S/C25H30N.2CH3.Ir.H2/c1-12-11-22(17(6)14(3)13(12)2)25-24-19(8)16(5)15(4)18(7)23(24)20(9)21(10)26-25;;;;/h1-10H3;2*1H3;;1H/q3*-1;;/i;;;;1+1D. The molecule has 0 amide bonds. The Morgan fingerprint density at radius 2 is 1.03 bits per heavy atom. The van der Waals surface area contributed by atoms with Crippen molar-refractivity contribution in [1.29, 1.82) is 0 Å². The molecule has 0 saturated heterocycles. The summed E-state index contributed by atoms with van der Waals surface area (Å²) in [7, 11) is 0. The van der Waals surface area contributed by atoms with E-state index in [0.717, 1.165) is 17.0 Å². The van der Waals surface area contributed by atoms with E-state index in [2.05, 4.69) is 75.3 Å². The fourth-order valence-corrected chi connectivity index (χ4v) is 4.11. The van der Waals surface area contributed by atoms with Crippen LogP contribution in [0.5, 0.6) is 0 Å². The van der Waals surface area contributed by atoms with Gasteiger partial charge < -0.3 is 19.8 Å². The van der Waals surface area contributed by atoms with Crippen LogP contribution in [0.15, 0.2) is 0 Å². The minimum Gasteiger partial charge on any atom is -0.358 e. The normalized spacial score (nSPS) is 10.6. The second-order valence-corrected chi connectivity index (χ2v) is 7.92. The van der Waals surface area contributed by atoms with Crippen LogP contribution in [0.25, 0.3) is 22.0 Å². The molecule has 1 aromatic heterocycles. The monoisotopic (exact) mass is 571 g/mol. The first-order chi connectivity index (χ1) is 13.1. The van der Waals surface area contributed by atoms with Gasteiger partial charge in [-0.15, -0.1) is 33.9 Å². The third-order valence-corrected chi connectivity index (χ3v) is 6.73. The molecule has 0 aliphatic rings. The fraction of sp³-hybridized carbons (Fsp3) is 0.370. The van der Waals surface area contributed by atoms with E-state index < -0.39 is 0 Å². The first-order valence-corrected chi connectivity index (χ1v) is 9.45. The van der Waals surface area contributed by atoms with E-state index in [9.17, 15) is 0 Å². The van der Waals surface area contributed by atoms with Crippen molar-refractivity contribution in [3.63, 3.8) is 0 Å². The molecule has 1 heterocycles. The zero-order chi connectivity index (χ0) is 21.5. The third kappa shape index (κ3) is 4.07. The van der Waals surface area contributed by atoms with Gasteiger partial charge in [-0.25, -0.2) is 0 Å². The average Bonchev–Trinajstić information content (AvgIpc) is 2.69. The predicted molar refractivity (Wildman–Crippen MR) is 128 cm³/mol. The number of fused-ring (bicyclic) bond motifs is 1. The molecule has 29 heavy (non-hydrogen) atoms. The van der Waals surface area contributed by atoms with Crippen molar-refractivity contribution >= 4 is 10.8 Å². The molecule has 0 atom stereocenters. The molecule has 0 saturated carbocycles. The molecule has 3 rings (SSSR count). The molecule has 1 nitrogen and oxygen atoms in total. The van der Waals surface area contributed by atoms with E-state index in [-0.39, 0.29) is 35.0 Å². The molecule has 0 unspecified atom stereocenters. The predicted octanol–water partition coefficient (Wildman–Crippen LogP) is 7.93. The summed E-state index contributed by atoms with van der Waals surface area (Å²) in [6.45, 7) is 22.1. The summed E-state index contributed by atoms with van der Waals surface area (Å²) in [6, 6.07) is 3.66. The van der Waals surface area contributed by atoms with E-state index >= 15 is 0 Å². The Labute approximate surface area is 195 Å². The molecule has 3 aromatic rings. The average molecular weight is 571 g/mol. The first kappa shape index (κ1) is 25.5. The summed E-state index contributed by atoms with van der Waals surface area (Å²) in [6.07, 6.45) is 0. The van der Waals surface area contributed by atoms with Crippen LogP contribution in [-0.4, -0.2) is 4.98 Å². The number of aromatic nitrogens is 1. The number of rotatable bonds is 1. The van der Waals surface area contributed by atoms with Gasteiger partial charge in [-0.3, -0.25) is 0 Å². The minimum absolute atomic E-state index is 0. The van der Waals surface area contributed by atoms with Gasteiger partial charge in [-0.1, -0.05) is 27.7 Å². The van der Waals surface area contributed by atoms with Crippen LogP contribution in [0.1, 0.15) is 58.7 Å². The SMILES string of the molecule is Cc1[c-]c(-c2nc(C)c(C)c3c(C)c(C)c(C)c(C)c23)c(C)c(C)c1C.[2H][2H].[CH3-].[CH3-].[Ir]. The quantitative estimate of drug-likeness (QED) is 0.271. The van der Waals surface area contributed by atoms with Gasteiger partial charge in [0.25, 0.3) is 0 Å². The maximum absolute atomic E-state index is 5.09. The smallest absolute Gasteiger partial charge is 0.0301 e. The number of hydrogen-bond acceptors (Lipinski definition) is 1. The zero-order valence-corrected chi connectivity index (χ0v) is 22.7. The summed E-state index contributed by atoms with van der Waals surface area (Å²) >= 11 is 0. The summed E-state index contributed by atoms with van der Waals surface area (Å²) in [5, 5.41) is 2.67. The van der Waals surface area contributed by atoms with Gasteiger partial charge in [0.2, 0.25) is 0 Å². The molecule has 0 fully saturated rings. The van der Waals surface area contributed by atoms with Gasteiger partial charge >= 0.3 is 0 Å². The maximum Gasteiger partial charge on any atom is 0.0301 e. The number of aryl methyl sites for hydroxylation is 5. The maximum atomic E-state index is 5.09. The van der Waals surface area contributed by atoms with Crippen molar-refractivity contribution < 1.29 is 23.1 Å². The number of nitrogens with zero attached hydrogens (tertiary/aromatic N) is 1. The summed E-state index contributed by atoms with van der Waals surface area (Å²) < 4.78 is 10.0. The van der Waals surface area contributed by atoms with Crippen LogP contribution in [-0.2, 0) is 20.1 Å². The van der Waals surface area contributed by atoms with Crippen LogP contribution < -0.4 is 0 Å². The fourth-order valence-electron chi connectivity index (χ4n) is 4.11. The van der Waals surface area contributed by atoms with Crippen LogP contribution in [0.3, 0.4) is 0 Å². The van der Waals surface area contributed by atoms with E-state index in [1.165, 1.54) is 60.8 Å². The van der Waals surface area contributed by atoms with Gasteiger partial charge in [-0.05, 0) is 85.8 Å². The molecule has 1 radical (unpaired) electrons. The molecule has 0 N–H and O–H groups in total. The van der Waals surface area contributed by atoms with E-state index in [1.807, 2.05) is 0 Å². The Hall–Kier alpha value is -1.50. The summed E-state index contributed by atoms with van der Waals surface area (Å²) in [4.78, 5) is 5.09. The Morgan fingerprint density at radius 1 is 0.586 bits per heavy atom. The number of pyridine rings is 1. The second kappa shape index (κ2) is 9.54. The molecular weight excluding hydrogens is 531 g/mol. The third-order valence-electron chi connectivity index (χ3n) is 6.73. The molecule has 163 valence electrons. The second-order valence-electron chi connectivity index (χ2n) is 7.92. The molecule has 2 aromatic carbocycles. The van der Waals surface area contributed by atoms with Gasteiger partial charge in [-0.2, -0.15) is 0 Å². The van der Waals surface area contributed by atoms with Crippen molar-refractivity contribution in [2.24, 2.45) is 0 Å². The number of hydrogen-bond donors (Lipinski definition) is 0. The van der Waals surface area contributed by atoms with Gasteiger partial charge in [0.05, 0.1) is 0 Å². The van der Waals surface area contributed by atoms with Crippen LogP contribution in [0, 0.1) is 90.2 Å². The van der Waals surface area contributed by atoms with Gasteiger partial charge in [0.15, 0.2) is 0 Å². The Balaban J connectivity index is 0. The Bertz CT molecular complexity index is 1090. The van der Waals surface area contributed by atoms with Crippen molar-refractivity contribution in [1.82, 2.24) is 4.98 Å². The topological polar surface area (TPSA) is 12.9 Å². The zero-order valence-electron chi connectivity index (χ0n) is 22.3. The van der Waals surface area contributed by atoms with E-state index in [0.29, 0.717) is 0 Å². The van der Waals surface area contributed by atoms with Crippen LogP contribution in [0.4, 0.5) is 0 Å². The van der Waals surface area contributed by atoms with Gasteiger partial charge in [0.1, 0.15) is 0 Å². The first-order valence-electron chi connectivity index (χ1n) is 10.4. The van der Waals surface area contributed by atoms with Crippen molar-refractivity contribution in [3.8, 4) is 11.3 Å². The van der Waals surface area contributed by atoms with E-state index in [4.69, 9.17) is 7.95 Å². The summed E-state index contributed by atoms with van der Waals surface area (Å²) in [5.41, 5.74) is 15.3. The van der Waals surface area contributed by atoms with Crippen molar-refractivity contribution in [3.05, 3.63) is 76.7 Å². The molecule has 0 aliphatic carbocycles. The van der Waals surface area contributed by atoms with E-state index in [1.54, 1.807) is 0 Å². The minimum atomic E-state index is 0. The van der Waals surface area contributed by atoms with Crippen molar-refractivity contribution in [2.45, 2.75) is 69.2 Å². The van der Waals surface area contributed by atoms with Crippen molar-refractivity contribution in [2.75, 3.05) is 0 Å². The molecular formula is C27H38IrN-3. The molecule has 0 spiro atoms. The molecule has 0 aliphatic heterocycles. The molecule has 0 bridgehead atoms. The largest absolute Gasteiger partial charge is 0.358 e. The van der Waals surface area contributed by atoms with Crippen LogP contribution >= 0.6 is 0 Å². The number of benzene rings is 2. The Kier molecular flexibility index (Phi) is 8.40. The Morgan fingerprint density at radius 3 is 1.55 bits per heavy atom. The van der Waals surface area contributed by atoms with Gasteiger partial charge in [0, 0.05) is 28.8 Å².